The molecule has 0 saturated heterocycles. The van der Waals surface area contributed by atoms with Gasteiger partial charge in [-0.2, -0.15) is 0 Å². The maximum atomic E-state index is 8.57. The Morgan fingerprint density at radius 2 is 0.875 bits per heavy atom. The van der Waals surface area contributed by atoms with Gasteiger partial charge in [0.1, 0.15) is 0 Å². The summed E-state index contributed by atoms with van der Waals surface area (Å²) in [6, 6.07) is 0. The molecule has 0 spiro atoms. The molecule has 10 N–H and O–H groups in total. The van der Waals surface area contributed by atoms with E-state index in [1.54, 1.807) is 0 Å². The van der Waals surface area contributed by atoms with E-state index in [0.717, 1.165) is 0 Å². The molecule has 0 amide bonds. The number of carbonyl (C=O) groups excluding carboxylic acids is 1. The SMILES string of the molecule is O.O.O.O.O.O=[C]=[Fe]. The van der Waals surface area contributed by atoms with Crippen molar-refractivity contribution in [1.82, 2.24) is 0 Å². The predicted molar refractivity (Wildman–Crippen MR) is 23.8 cm³/mol. The van der Waals surface area contributed by atoms with Crippen molar-refractivity contribution in [3.8, 4) is 0 Å². The minimum absolute atomic E-state index is 0. The van der Waals surface area contributed by atoms with Crippen LogP contribution in [0.25, 0.3) is 0 Å². The molecular weight excluding hydrogens is 164 g/mol. The van der Waals surface area contributed by atoms with Crippen LogP contribution >= 0.6 is 0 Å². The summed E-state index contributed by atoms with van der Waals surface area (Å²) in [6.45, 7) is 0. The Kier molecular flexibility index (Phi) is 3870. The molecule has 0 heterocycles. The van der Waals surface area contributed by atoms with Gasteiger partial charge in [-0.3, -0.25) is 0 Å². The maximum absolute atomic E-state index is 8.57. The van der Waals surface area contributed by atoms with Crippen LogP contribution in [0.4, 0.5) is 0 Å². The van der Waals surface area contributed by atoms with Crippen molar-refractivity contribution in [3.63, 3.8) is 0 Å². The topological polar surface area (TPSA) is 175 Å². The van der Waals surface area contributed by atoms with Gasteiger partial charge in [0.2, 0.25) is 0 Å². The first kappa shape index (κ1) is 104. The van der Waals surface area contributed by atoms with Crippen LogP contribution < -0.4 is 0 Å². The second-order valence-electron chi connectivity index (χ2n) is 0.0722. The zero-order valence-electron chi connectivity index (χ0n) is 3.76. The summed E-state index contributed by atoms with van der Waals surface area (Å²) in [5, 5.41) is 0. The van der Waals surface area contributed by atoms with Crippen LogP contribution in [0.3, 0.4) is 0 Å². The molecule has 0 unspecified atom stereocenters. The quantitative estimate of drug-likeness (QED) is 0.330. The van der Waals surface area contributed by atoms with E-state index in [0.29, 0.717) is 0 Å². The first-order valence-corrected chi connectivity index (χ1v) is 0.933. The van der Waals surface area contributed by atoms with Crippen molar-refractivity contribution in [2.75, 3.05) is 0 Å². The second kappa shape index (κ2) is 297. The number of rotatable bonds is 0. The zero-order valence-corrected chi connectivity index (χ0v) is 4.87. The molecule has 0 atom stereocenters. The van der Waals surface area contributed by atoms with Crippen LogP contribution in [0.15, 0.2) is 0 Å². The Bertz CT molecular complexity index is 29.5. The minimum atomic E-state index is 0. The average molecular weight is 174 g/mol. The van der Waals surface area contributed by atoms with Crippen LogP contribution in [0.2, 0.25) is 0 Å². The Morgan fingerprint density at radius 1 is 0.875 bits per heavy atom. The molecule has 8 heavy (non-hydrogen) atoms. The van der Waals surface area contributed by atoms with Gasteiger partial charge in [0, 0.05) is 0 Å². The van der Waals surface area contributed by atoms with Crippen LogP contribution in [0, 0.1) is 0 Å². The van der Waals surface area contributed by atoms with Gasteiger partial charge in [-0.15, -0.1) is 0 Å². The van der Waals surface area contributed by atoms with Crippen LogP contribution in [-0.4, -0.2) is 32.2 Å². The zero-order chi connectivity index (χ0) is 2.71. The first-order valence-electron chi connectivity index (χ1n) is 0.381. The van der Waals surface area contributed by atoms with E-state index in [2.05, 4.69) is 15.6 Å². The summed E-state index contributed by atoms with van der Waals surface area (Å²) in [4.78, 5) is 9.82. The van der Waals surface area contributed by atoms with Gasteiger partial charge in [-0.05, 0) is 0 Å². The average Bonchev–Trinajstić information content (AvgIpc) is 0.918. The fourth-order valence-electron chi connectivity index (χ4n) is 0. The monoisotopic (exact) mass is 174 g/mol. The molecule has 0 aliphatic heterocycles. The van der Waals surface area contributed by atoms with Crippen LogP contribution in [-0.2, 0) is 20.4 Å². The fourth-order valence-corrected chi connectivity index (χ4v) is 0. The summed E-state index contributed by atoms with van der Waals surface area (Å²) in [5.74, 6) is 0. The van der Waals surface area contributed by atoms with Crippen LogP contribution in [0.5, 0.6) is 0 Å². The van der Waals surface area contributed by atoms with Crippen molar-refractivity contribution >= 4 is 4.79 Å². The van der Waals surface area contributed by atoms with E-state index >= 15 is 0 Å². The standard InChI is InChI=1S/CO.Fe.5H2O/c1-2;;;;;;/h;;5*1H2. The van der Waals surface area contributed by atoms with E-state index in [1.807, 2.05) is 0 Å². The van der Waals surface area contributed by atoms with Gasteiger partial charge in [0.25, 0.3) is 0 Å². The van der Waals surface area contributed by atoms with Crippen LogP contribution in [0.1, 0.15) is 0 Å². The Hall–Kier alpha value is -0.101. The molecule has 0 bridgehead atoms. The Labute approximate surface area is 53.4 Å². The molecular formula is CH10FeO6. The van der Waals surface area contributed by atoms with E-state index in [4.69, 9.17) is 4.79 Å². The van der Waals surface area contributed by atoms with E-state index < -0.39 is 0 Å². The summed E-state index contributed by atoms with van der Waals surface area (Å²) >= 11 is 2.68. The molecule has 0 aliphatic carbocycles. The molecule has 0 aliphatic rings. The molecule has 7 heteroatoms. The van der Waals surface area contributed by atoms with Gasteiger partial charge in [-0.1, -0.05) is 0 Å². The summed E-state index contributed by atoms with van der Waals surface area (Å²) in [6.07, 6.45) is 0. The van der Waals surface area contributed by atoms with E-state index in [1.165, 1.54) is 4.79 Å². The fraction of sp³-hybridized carbons (Fsp3) is 0. The van der Waals surface area contributed by atoms with Crippen molar-refractivity contribution in [3.05, 3.63) is 0 Å². The van der Waals surface area contributed by atoms with Crippen molar-refractivity contribution in [2.24, 2.45) is 0 Å². The number of hydrogen-bond acceptors (Lipinski definition) is 1. The molecule has 0 radical (unpaired) electrons. The third kappa shape index (κ3) is 14000. The molecule has 0 saturated carbocycles. The molecule has 58 valence electrons. The van der Waals surface area contributed by atoms with Gasteiger partial charge in [-0.25, -0.2) is 0 Å². The normalized spacial score (nSPS) is 1.12. The summed E-state index contributed by atoms with van der Waals surface area (Å²) in [7, 11) is 0. The third-order valence-electron chi connectivity index (χ3n) is 0. The number of hydrogen-bond donors (Lipinski definition) is 0. The van der Waals surface area contributed by atoms with Gasteiger partial charge in [0.05, 0.1) is 0 Å². The van der Waals surface area contributed by atoms with Gasteiger partial charge >= 0.3 is 25.2 Å². The molecule has 0 aromatic rings. The Morgan fingerprint density at radius 3 is 0.875 bits per heavy atom. The summed E-state index contributed by atoms with van der Waals surface area (Å²) in [5.41, 5.74) is 0. The van der Waals surface area contributed by atoms with E-state index in [-0.39, 0.29) is 27.4 Å². The molecule has 0 aromatic carbocycles. The van der Waals surface area contributed by atoms with Crippen molar-refractivity contribution in [2.45, 2.75) is 0 Å². The molecule has 0 aromatic heterocycles. The van der Waals surface area contributed by atoms with Crippen molar-refractivity contribution < 1.29 is 47.8 Å². The summed E-state index contributed by atoms with van der Waals surface area (Å²) < 4.78 is 0. The molecule has 0 fully saturated rings. The van der Waals surface area contributed by atoms with Gasteiger partial charge in [0.15, 0.2) is 0 Å². The first-order chi connectivity index (χ1) is 1.41. The predicted octanol–water partition coefficient (Wildman–Crippen LogP) is -4.52. The Balaban J connectivity index is -0.00000000200. The van der Waals surface area contributed by atoms with Gasteiger partial charge < -0.3 is 27.4 Å². The van der Waals surface area contributed by atoms with E-state index in [9.17, 15) is 0 Å². The van der Waals surface area contributed by atoms with Crippen molar-refractivity contribution in [1.29, 1.82) is 0 Å². The molecule has 6 nitrogen and oxygen atoms in total. The second-order valence-corrected chi connectivity index (χ2v) is 0.298. The third-order valence-corrected chi connectivity index (χ3v) is 0. The molecule has 0 rings (SSSR count).